The summed E-state index contributed by atoms with van der Waals surface area (Å²) in [4.78, 5) is 25.6. The summed E-state index contributed by atoms with van der Waals surface area (Å²) in [6.07, 6.45) is 0.844. The van der Waals surface area contributed by atoms with Crippen LogP contribution in [0.2, 0.25) is 0 Å². The van der Waals surface area contributed by atoms with E-state index >= 15 is 0 Å². The van der Waals surface area contributed by atoms with Gasteiger partial charge in [0.2, 0.25) is 0 Å². The van der Waals surface area contributed by atoms with Gasteiger partial charge in [-0.15, -0.1) is 0 Å². The number of carbonyl (C=O) groups is 2. The van der Waals surface area contributed by atoms with Crippen LogP contribution in [0.3, 0.4) is 0 Å². The lowest BCUT2D eigenvalue weighted by molar-refractivity contribution is -0.142. The summed E-state index contributed by atoms with van der Waals surface area (Å²) in [5.74, 6) is 0.424. The second-order valence-electron chi connectivity index (χ2n) is 6.63. The number of likely N-dealkylation sites (N-methyl/N-ethyl adjacent to an activating group) is 1. The number of anilines is 1. The van der Waals surface area contributed by atoms with E-state index in [1.807, 2.05) is 6.07 Å². The molecule has 2 amide bonds. The second kappa shape index (κ2) is 9.39. The number of ether oxygens (including phenoxy) is 1. The Bertz CT molecular complexity index is 821. The van der Waals surface area contributed by atoms with Crippen LogP contribution < -0.4 is 10.1 Å². The molecule has 27 heavy (non-hydrogen) atoms. The number of carbonyl (C=O) groups excluding carboxylic acids is 2. The molecule has 0 bridgehead atoms. The van der Waals surface area contributed by atoms with E-state index in [0.717, 1.165) is 6.42 Å². The van der Waals surface area contributed by atoms with Gasteiger partial charge in [-0.1, -0.05) is 13.8 Å². The molecule has 0 aromatic heterocycles. The van der Waals surface area contributed by atoms with Gasteiger partial charge in [0.25, 0.3) is 0 Å². The van der Waals surface area contributed by atoms with Crippen molar-refractivity contribution in [3.05, 3.63) is 54.1 Å². The summed E-state index contributed by atoms with van der Waals surface area (Å²) in [7, 11) is 1.62. The first-order valence-electron chi connectivity index (χ1n) is 8.73. The molecule has 1 N–H and O–H groups in total. The summed E-state index contributed by atoms with van der Waals surface area (Å²) in [5, 5.41) is 11.4. The molecule has 0 aliphatic carbocycles. The zero-order chi connectivity index (χ0) is 19.8. The fourth-order valence-electron chi connectivity index (χ4n) is 2.25. The maximum absolute atomic E-state index is 12.1. The van der Waals surface area contributed by atoms with Crippen LogP contribution in [0.15, 0.2) is 48.5 Å². The second-order valence-corrected chi connectivity index (χ2v) is 6.63. The number of benzene rings is 2. The first kappa shape index (κ1) is 20.0. The van der Waals surface area contributed by atoms with Crippen molar-refractivity contribution in [2.75, 3.05) is 18.9 Å². The van der Waals surface area contributed by atoms with Gasteiger partial charge in [0.15, 0.2) is 0 Å². The molecule has 2 aromatic rings. The van der Waals surface area contributed by atoms with Gasteiger partial charge in [-0.2, -0.15) is 5.26 Å². The Morgan fingerprint density at radius 2 is 1.63 bits per heavy atom. The molecule has 0 fully saturated rings. The molecule has 0 unspecified atom stereocenters. The van der Waals surface area contributed by atoms with Crippen molar-refractivity contribution in [1.82, 2.24) is 4.90 Å². The van der Waals surface area contributed by atoms with Crippen LogP contribution in [0.1, 0.15) is 25.8 Å². The van der Waals surface area contributed by atoms with Crippen LogP contribution in [0.5, 0.6) is 11.5 Å². The van der Waals surface area contributed by atoms with Crippen molar-refractivity contribution in [1.29, 1.82) is 5.26 Å². The molecule has 0 aliphatic rings. The van der Waals surface area contributed by atoms with Gasteiger partial charge in [0.05, 0.1) is 11.6 Å². The number of rotatable bonds is 6. The van der Waals surface area contributed by atoms with E-state index in [2.05, 4.69) is 19.2 Å². The predicted molar refractivity (Wildman–Crippen MR) is 103 cm³/mol. The highest BCUT2D eigenvalue weighted by molar-refractivity contribution is 6.39. The molecule has 0 saturated carbocycles. The Kier molecular flexibility index (Phi) is 6.95. The number of nitrogens with one attached hydrogen (secondary N) is 1. The van der Waals surface area contributed by atoms with Crippen LogP contribution in [0, 0.1) is 17.2 Å². The number of amides is 2. The van der Waals surface area contributed by atoms with E-state index in [-0.39, 0.29) is 0 Å². The van der Waals surface area contributed by atoms with Gasteiger partial charge in [-0.3, -0.25) is 9.59 Å². The maximum Gasteiger partial charge on any atom is 0.313 e. The third kappa shape index (κ3) is 6.15. The number of hydrogen-bond donors (Lipinski definition) is 1. The van der Waals surface area contributed by atoms with Crippen molar-refractivity contribution in [3.63, 3.8) is 0 Å². The third-order valence-corrected chi connectivity index (χ3v) is 3.91. The van der Waals surface area contributed by atoms with E-state index in [0.29, 0.717) is 35.2 Å². The van der Waals surface area contributed by atoms with Crippen molar-refractivity contribution in [2.24, 2.45) is 5.92 Å². The molecule has 6 nitrogen and oxygen atoms in total. The average Bonchev–Trinajstić information content (AvgIpc) is 2.67. The third-order valence-electron chi connectivity index (χ3n) is 3.91. The largest absolute Gasteiger partial charge is 0.457 e. The summed E-state index contributed by atoms with van der Waals surface area (Å²) in [6.45, 7) is 4.68. The highest BCUT2D eigenvalue weighted by Gasteiger charge is 2.18. The van der Waals surface area contributed by atoms with Gasteiger partial charge < -0.3 is 15.0 Å². The zero-order valence-electron chi connectivity index (χ0n) is 15.7. The van der Waals surface area contributed by atoms with Crippen LogP contribution >= 0.6 is 0 Å². The highest BCUT2D eigenvalue weighted by Crippen LogP contribution is 2.23. The van der Waals surface area contributed by atoms with Crippen LogP contribution in [0.25, 0.3) is 0 Å². The van der Waals surface area contributed by atoms with E-state index in [1.54, 1.807) is 55.6 Å². The lowest BCUT2D eigenvalue weighted by Gasteiger charge is -2.17. The first-order valence-corrected chi connectivity index (χ1v) is 8.73. The lowest BCUT2D eigenvalue weighted by atomic mass is 10.1. The Labute approximate surface area is 159 Å². The summed E-state index contributed by atoms with van der Waals surface area (Å²) in [6, 6.07) is 15.5. The van der Waals surface area contributed by atoms with E-state index < -0.39 is 11.8 Å². The Morgan fingerprint density at radius 1 is 1.07 bits per heavy atom. The monoisotopic (exact) mass is 365 g/mol. The van der Waals surface area contributed by atoms with Crippen LogP contribution in [0.4, 0.5) is 5.69 Å². The number of hydrogen-bond acceptors (Lipinski definition) is 4. The normalized spacial score (nSPS) is 10.2. The van der Waals surface area contributed by atoms with E-state index in [1.165, 1.54) is 4.90 Å². The average molecular weight is 365 g/mol. The fraction of sp³-hybridized carbons (Fsp3) is 0.286. The molecule has 140 valence electrons. The zero-order valence-corrected chi connectivity index (χ0v) is 15.7. The molecule has 6 heteroatoms. The molecule has 2 rings (SSSR count). The molecule has 0 saturated heterocycles. The molecule has 0 radical (unpaired) electrons. The number of nitrogens with zero attached hydrogens (tertiary/aromatic N) is 2. The van der Waals surface area contributed by atoms with Crippen LogP contribution in [-0.2, 0) is 9.59 Å². The summed E-state index contributed by atoms with van der Waals surface area (Å²) >= 11 is 0. The standard InChI is InChI=1S/C21H23N3O3/c1-15(2)12-13-24(3)21(26)20(25)23-17-6-10-19(11-7-17)27-18-8-4-16(14-22)5-9-18/h4-11,15H,12-13H2,1-3H3,(H,23,25). The maximum atomic E-state index is 12.1. The quantitative estimate of drug-likeness (QED) is 0.790. The smallest absolute Gasteiger partial charge is 0.313 e. The fourth-order valence-corrected chi connectivity index (χ4v) is 2.25. The van der Waals surface area contributed by atoms with E-state index in [9.17, 15) is 9.59 Å². The van der Waals surface area contributed by atoms with Crippen molar-refractivity contribution in [2.45, 2.75) is 20.3 Å². The van der Waals surface area contributed by atoms with E-state index in [4.69, 9.17) is 10.00 Å². The predicted octanol–water partition coefficient (Wildman–Crippen LogP) is 3.79. The lowest BCUT2D eigenvalue weighted by Crippen LogP contribution is -2.37. The molecular weight excluding hydrogens is 342 g/mol. The van der Waals surface area contributed by atoms with Crippen molar-refractivity contribution < 1.29 is 14.3 Å². The SMILES string of the molecule is CC(C)CCN(C)C(=O)C(=O)Nc1ccc(Oc2ccc(C#N)cc2)cc1. The molecule has 0 heterocycles. The first-order chi connectivity index (χ1) is 12.9. The van der Waals surface area contributed by atoms with Crippen molar-refractivity contribution >= 4 is 17.5 Å². The molecule has 2 aromatic carbocycles. The molecule has 0 spiro atoms. The molecular formula is C21H23N3O3. The summed E-state index contributed by atoms with van der Waals surface area (Å²) < 4.78 is 5.68. The Morgan fingerprint density at radius 3 is 2.15 bits per heavy atom. The molecule has 0 atom stereocenters. The van der Waals surface area contributed by atoms with Gasteiger partial charge >= 0.3 is 11.8 Å². The topological polar surface area (TPSA) is 82.4 Å². The van der Waals surface area contributed by atoms with Gasteiger partial charge in [-0.05, 0) is 60.9 Å². The van der Waals surface area contributed by atoms with Gasteiger partial charge in [-0.25, -0.2) is 0 Å². The Hall–Kier alpha value is -3.33. The highest BCUT2D eigenvalue weighted by atomic mass is 16.5. The minimum absolute atomic E-state index is 0.465. The van der Waals surface area contributed by atoms with Gasteiger partial charge in [0, 0.05) is 19.3 Å². The Balaban J connectivity index is 1.91. The summed E-state index contributed by atoms with van der Waals surface area (Å²) in [5.41, 5.74) is 1.07. The minimum atomic E-state index is -0.665. The van der Waals surface area contributed by atoms with Crippen molar-refractivity contribution in [3.8, 4) is 17.6 Å². The number of nitriles is 1. The van der Waals surface area contributed by atoms with Gasteiger partial charge in [0.1, 0.15) is 11.5 Å². The molecule has 0 aliphatic heterocycles. The minimum Gasteiger partial charge on any atom is -0.457 e. The van der Waals surface area contributed by atoms with Crippen LogP contribution in [-0.4, -0.2) is 30.3 Å².